The fraction of sp³-hybridized carbons (Fsp3) is 0.355. The third-order valence-corrected chi connectivity index (χ3v) is 7.92. The first kappa shape index (κ1) is 25.4. The minimum absolute atomic E-state index is 0.0590. The number of likely N-dealkylation sites (tertiary alicyclic amines) is 1. The molecule has 2 aliphatic heterocycles. The van der Waals surface area contributed by atoms with Gasteiger partial charge in [-0.25, -0.2) is 4.98 Å². The summed E-state index contributed by atoms with van der Waals surface area (Å²) in [5.74, 6) is 1.51. The van der Waals surface area contributed by atoms with Crippen molar-refractivity contribution < 1.29 is 10.2 Å². The molecule has 8 heteroatoms. The summed E-state index contributed by atoms with van der Waals surface area (Å²) >= 11 is 0. The molecule has 0 amide bonds. The smallest absolute Gasteiger partial charge is 0.228 e. The van der Waals surface area contributed by atoms with Crippen molar-refractivity contribution in [3.8, 4) is 5.75 Å². The van der Waals surface area contributed by atoms with E-state index >= 15 is 0 Å². The molecule has 3 N–H and O–H groups in total. The number of aliphatic hydroxyl groups excluding tert-OH is 1. The number of aliphatic hydroxyl groups is 1. The Hall–Kier alpha value is -3.88. The van der Waals surface area contributed by atoms with Crippen LogP contribution in [0, 0.1) is 0 Å². The summed E-state index contributed by atoms with van der Waals surface area (Å²) in [5.41, 5.74) is 3.75. The predicted molar refractivity (Wildman–Crippen MR) is 156 cm³/mol. The molecular weight excluding hydrogens is 488 g/mol. The number of piperazine rings is 1. The molecule has 0 atom stereocenters. The van der Waals surface area contributed by atoms with Gasteiger partial charge in [0.05, 0.1) is 12.1 Å². The van der Waals surface area contributed by atoms with Gasteiger partial charge in [-0.2, -0.15) is 4.98 Å². The molecule has 3 aromatic carbocycles. The third-order valence-electron chi connectivity index (χ3n) is 7.92. The van der Waals surface area contributed by atoms with Crippen molar-refractivity contribution in [3.05, 3.63) is 83.9 Å². The van der Waals surface area contributed by atoms with E-state index in [1.54, 1.807) is 6.07 Å². The Kier molecular flexibility index (Phi) is 7.47. The number of piperidine rings is 1. The van der Waals surface area contributed by atoms with Crippen molar-refractivity contribution in [2.45, 2.75) is 32.0 Å². The van der Waals surface area contributed by atoms with Gasteiger partial charge in [0, 0.05) is 74.6 Å². The number of aromatic hydroxyl groups is 1. The van der Waals surface area contributed by atoms with Crippen LogP contribution < -0.4 is 15.1 Å². The summed E-state index contributed by atoms with van der Waals surface area (Å²) in [5, 5.41) is 24.8. The van der Waals surface area contributed by atoms with Crippen LogP contribution in [0.25, 0.3) is 10.9 Å². The lowest BCUT2D eigenvalue weighted by Crippen LogP contribution is -2.47. The molecule has 0 spiro atoms. The number of nitrogens with zero attached hydrogens (tertiary/aromatic N) is 5. The van der Waals surface area contributed by atoms with E-state index < -0.39 is 0 Å². The molecule has 0 radical (unpaired) electrons. The van der Waals surface area contributed by atoms with E-state index in [1.165, 1.54) is 11.3 Å². The van der Waals surface area contributed by atoms with Crippen molar-refractivity contribution in [1.82, 2.24) is 14.9 Å². The molecule has 2 aliphatic rings. The van der Waals surface area contributed by atoms with Crippen LogP contribution in [-0.2, 0) is 13.2 Å². The highest BCUT2D eigenvalue weighted by Gasteiger charge is 2.24. The second-order valence-electron chi connectivity index (χ2n) is 10.5. The van der Waals surface area contributed by atoms with Crippen LogP contribution in [0.4, 0.5) is 17.5 Å². The molecule has 0 unspecified atom stereocenters. The van der Waals surface area contributed by atoms with Crippen LogP contribution in [0.15, 0.2) is 72.8 Å². The topological polar surface area (TPSA) is 88.0 Å². The van der Waals surface area contributed by atoms with E-state index in [2.05, 4.69) is 74.6 Å². The zero-order valence-corrected chi connectivity index (χ0v) is 22.2. The van der Waals surface area contributed by atoms with E-state index in [-0.39, 0.29) is 12.4 Å². The average Bonchev–Trinajstić information content (AvgIpc) is 2.99. The van der Waals surface area contributed by atoms with E-state index in [4.69, 9.17) is 9.97 Å². The van der Waals surface area contributed by atoms with Gasteiger partial charge in [-0.3, -0.25) is 4.90 Å². The highest BCUT2D eigenvalue weighted by Crippen LogP contribution is 2.32. The number of para-hydroxylation sites is 1. The number of benzene rings is 3. The van der Waals surface area contributed by atoms with E-state index in [0.717, 1.165) is 69.9 Å². The van der Waals surface area contributed by atoms with Crippen molar-refractivity contribution in [1.29, 1.82) is 0 Å². The van der Waals surface area contributed by atoms with Gasteiger partial charge < -0.3 is 25.3 Å². The minimum Gasteiger partial charge on any atom is -0.508 e. The molecule has 1 aromatic heterocycles. The summed E-state index contributed by atoms with van der Waals surface area (Å²) in [6.45, 7) is 6.20. The summed E-state index contributed by atoms with van der Waals surface area (Å²) in [7, 11) is 0. The Morgan fingerprint density at radius 1 is 0.795 bits per heavy atom. The summed E-state index contributed by atoms with van der Waals surface area (Å²) in [6.07, 6.45) is 2.04. The lowest BCUT2D eigenvalue weighted by Gasteiger charge is -2.36. The first-order valence-corrected chi connectivity index (χ1v) is 13.9. The molecule has 2 fully saturated rings. The second kappa shape index (κ2) is 11.5. The number of rotatable bonds is 7. The first-order chi connectivity index (χ1) is 19.2. The van der Waals surface area contributed by atoms with E-state index in [9.17, 15) is 10.2 Å². The molecule has 0 bridgehead atoms. The van der Waals surface area contributed by atoms with E-state index in [0.29, 0.717) is 23.1 Å². The van der Waals surface area contributed by atoms with Gasteiger partial charge in [0.25, 0.3) is 0 Å². The molecule has 3 heterocycles. The standard InChI is InChI=1S/C31H36N6O2/c38-22-24-19-27-28(20-29(24)39)33-31(37-17-15-36(16-18-37)26-9-5-2-6-10-26)34-30(27)32-25-11-13-35(14-12-25)21-23-7-3-1-4-8-23/h1-10,19-20,25,38-39H,11-18,21-22H2,(H,32,33,34). The Morgan fingerprint density at radius 3 is 2.15 bits per heavy atom. The molecule has 202 valence electrons. The number of hydrogen-bond acceptors (Lipinski definition) is 8. The molecule has 2 saturated heterocycles. The molecule has 0 aliphatic carbocycles. The Morgan fingerprint density at radius 2 is 1.46 bits per heavy atom. The average molecular weight is 525 g/mol. The van der Waals surface area contributed by atoms with Gasteiger partial charge in [-0.1, -0.05) is 48.5 Å². The van der Waals surface area contributed by atoms with Crippen LogP contribution in [-0.4, -0.2) is 70.4 Å². The normalized spacial score (nSPS) is 17.1. The highest BCUT2D eigenvalue weighted by atomic mass is 16.3. The zero-order valence-electron chi connectivity index (χ0n) is 22.2. The maximum absolute atomic E-state index is 10.5. The van der Waals surface area contributed by atoms with Gasteiger partial charge >= 0.3 is 0 Å². The monoisotopic (exact) mass is 524 g/mol. The largest absolute Gasteiger partial charge is 0.508 e. The molecular formula is C31H36N6O2. The maximum Gasteiger partial charge on any atom is 0.228 e. The Bertz CT molecular complexity index is 1380. The fourth-order valence-corrected chi connectivity index (χ4v) is 5.65. The van der Waals surface area contributed by atoms with Gasteiger partial charge in [0.2, 0.25) is 5.95 Å². The van der Waals surface area contributed by atoms with Gasteiger partial charge in [0.1, 0.15) is 11.6 Å². The molecule has 39 heavy (non-hydrogen) atoms. The van der Waals surface area contributed by atoms with Crippen LogP contribution in [0.5, 0.6) is 5.75 Å². The Labute approximate surface area is 229 Å². The zero-order chi connectivity index (χ0) is 26.6. The Balaban J connectivity index is 1.20. The molecule has 0 saturated carbocycles. The second-order valence-corrected chi connectivity index (χ2v) is 10.5. The van der Waals surface area contributed by atoms with E-state index in [1.807, 2.05) is 12.1 Å². The summed E-state index contributed by atoms with van der Waals surface area (Å²) < 4.78 is 0. The number of nitrogens with one attached hydrogen (secondary N) is 1. The summed E-state index contributed by atoms with van der Waals surface area (Å²) in [6, 6.07) is 24.9. The lowest BCUT2D eigenvalue weighted by atomic mass is 10.0. The van der Waals surface area contributed by atoms with Crippen LogP contribution in [0.3, 0.4) is 0 Å². The van der Waals surface area contributed by atoms with Crippen LogP contribution in [0.1, 0.15) is 24.0 Å². The quantitative estimate of drug-likeness (QED) is 0.331. The predicted octanol–water partition coefficient (Wildman–Crippen LogP) is 4.23. The summed E-state index contributed by atoms with van der Waals surface area (Å²) in [4.78, 5) is 17.0. The number of phenols is 1. The number of fused-ring (bicyclic) bond motifs is 1. The molecule has 6 rings (SSSR count). The first-order valence-electron chi connectivity index (χ1n) is 13.9. The van der Waals surface area contributed by atoms with Gasteiger partial charge in [0.15, 0.2) is 0 Å². The van der Waals surface area contributed by atoms with Crippen LogP contribution >= 0.6 is 0 Å². The van der Waals surface area contributed by atoms with Gasteiger partial charge in [-0.05, 0) is 36.6 Å². The van der Waals surface area contributed by atoms with Crippen molar-refractivity contribution in [2.75, 3.05) is 54.4 Å². The maximum atomic E-state index is 10.5. The lowest BCUT2D eigenvalue weighted by molar-refractivity contribution is 0.211. The molecule has 8 nitrogen and oxygen atoms in total. The minimum atomic E-state index is -0.234. The SMILES string of the molecule is OCc1cc2c(NC3CCN(Cc4ccccc4)CC3)nc(N3CCN(c4ccccc4)CC3)nc2cc1O. The fourth-order valence-electron chi connectivity index (χ4n) is 5.65. The van der Waals surface area contributed by atoms with Gasteiger partial charge in [-0.15, -0.1) is 0 Å². The number of aromatic nitrogens is 2. The third kappa shape index (κ3) is 5.77. The van der Waals surface area contributed by atoms with Crippen molar-refractivity contribution >= 4 is 28.4 Å². The number of anilines is 3. The molecule has 4 aromatic rings. The number of hydrogen-bond donors (Lipinski definition) is 3. The highest BCUT2D eigenvalue weighted by molar-refractivity contribution is 5.92. The van der Waals surface area contributed by atoms with Crippen LogP contribution in [0.2, 0.25) is 0 Å². The van der Waals surface area contributed by atoms with Crippen molar-refractivity contribution in [2.24, 2.45) is 0 Å². The van der Waals surface area contributed by atoms with Crippen molar-refractivity contribution in [3.63, 3.8) is 0 Å².